The van der Waals surface area contributed by atoms with Crippen LogP contribution >= 0.6 is 31.9 Å². The van der Waals surface area contributed by atoms with Crippen molar-refractivity contribution < 1.29 is 15.3 Å². The van der Waals surface area contributed by atoms with Crippen molar-refractivity contribution in [2.45, 2.75) is 18.8 Å². The Morgan fingerprint density at radius 2 is 1.91 bits per heavy atom. The Labute approximate surface area is 150 Å². The van der Waals surface area contributed by atoms with Crippen molar-refractivity contribution >= 4 is 43.2 Å². The quantitative estimate of drug-likeness (QED) is 0.586. The van der Waals surface area contributed by atoms with Crippen LogP contribution in [0.2, 0.25) is 0 Å². The van der Waals surface area contributed by atoms with Gasteiger partial charge in [-0.2, -0.15) is 0 Å². The van der Waals surface area contributed by atoms with Crippen LogP contribution < -0.4 is 10.2 Å². The topological polar surface area (TPSA) is 76.0 Å². The Hall–Kier alpha value is -1.28. The lowest BCUT2D eigenvalue weighted by molar-refractivity contribution is 0.0771. The van der Waals surface area contributed by atoms with E-state index in [4.69, 9.17) is 0 Å². The number of aliphatic hydroxyl groups is 2. The summed E-state index contributed by atoms with van der Waals surface area (Å²) in [6.45, 7) is 0.211. The molecule has 1 heterocycles. The maximum atomic E-state index is 10.2. The molecule has 0 radical (unpaired) electrons. The van der Waals surface area contributed by atoms with E-state index < -0.39 is 12.3 Å². The molecule has 4 N–H and O–H groups in total. The summed E-state index contributed by atoms with van der Waals surface area (Å²) in [7, 11) is 0. The lowest BCUT2D eigenvalue weighted by Crippen LogP contribution is -2.52. The van der Waals surface area contributed by atoms with Crippen LogP contribution in [0.4, 0.5) is 11.4 Å². The van der Waals surface area contributed by atoms with E-state index in [0.717, 1.165) is 25.9 Å². The number of halogens is 2. The molecule has 7 heteroatoms. The number of hydrogen-bond acceptors (Lipinski definition) is 5. The molecule has 2 unspecified atom stereocenters. The van der Waals surface area contributed by atoms with E-state index in [-0.39, 0.29) is 12.4 Å². The van der Waals surface area contributed by atoms with E-state index in [1.165, 1.54) is 0 Å². The lowest BCUT2D eigenvalue weighted by atomic mass is 10.1. The normalized spacial score (nSPS) is 18.3. The average Bonchev–Trinajstić information content (AvgIpc) is 2.53. The third kappa shape index (κ3) is 3.33. The Kier molecular flexibility index (Phi) is 4.82. The van der Waals surface area contributed by atoms with Gasteiger partial charge >= 0.3 is 0 Å². The van der Waals surface area contributed by atoms with Crippen LogP contribution in [0.15, 0.2) is 45.3 Å². The largest absolute Gasteiger partial charge is 0.508 e. The minimum absolute atomic E-state index is 0.184. The maximum absolute atomic E-state index is 10.2. The van der Waals surface area contributed by atoms with Gasteiger partial charge in [-0.25, -0.2) is 0 Å². The summed E-state index contributed by atoms with van der Waals surface area (Å²) in [6.07, 6.45) is -1.43. The number of rotatable bonds is 3. The summed E-state index contributed by atoms with van der Waals surface area (Å²) < 4.78 is 1.85. The Bertz CT molecular complexity index is 709. The summed E-state index contributed by atoms with van der Waals surface area (Å²) in [5.41, 5.74) is 2.80. The number of anilines is 2. The van der Waals surface area contributed by atoms with Crippen LogP contribution in [0.5, 0.6) is 5.75 Å². The number of nitrogens with zero attached hydrogens (tertiary/aromatic N) is 1. The second-order valence-corrected chi connectivity index (χ2v) is 7.18. The van der Waals surface area contributed by atoms with Gasteiger partial charge in [0, 0.05) is 21.2 Å². The van der Waals surface area contributed by atoms with Crippen LogP contribution in [0.3, 0.4) is 0 Å². The molecule has 0 saturated carbocycles. The standard InChI is InChI=1S/C16H16Br2N2O3/c17-10-5-9-7-20(11-1-3-12(22)4-2-11)16(14(23)8-21)19-15(9)13(18)6-10/h1-6,14,16,19,21-23H,7-8H2. The van der Waals surface area contributed by atoms with Crippen LogP contribution in [-0.4, -0.2) is 34.2 Å². The van der Waals surface area contributed by atoms with Crippen molar-refractivity contribution in [1.82, 2.24) is 0 Å². The highest BCUT2D eigenvalue weighted by molar-refractivity contribution is 9.11. The fourth-order valence-corrected chi connectivity index (χ4v) is 4.15. The Morgan fingerprint density at radius 3 is 2.57 bits per heavy atom. The average molecular weight is 444 g/mol. The van der Waals surface area contributed by atoms with Gasteiger partial charge in [-0.05, 0) is 57.9 Å². The van der Waals surface area contributed by atoms with Gasteiger partial charge in [0.1, 0.15) is 18.0 Å². The number of phenols is 1. The van der Waals surface area contributed by atoms with Gasteiger partial charge in [0.15, 0.2) is 0 Å². The maximum Gasteiger partial charge on any atom is 0.128 e. The molecule has 2 aromatic carbocycles. The predicted octanol–water partition coefficient (Wildman–Crippen LogP) is 3.03. The second kappa shape index (κ2) is 6.68. The summed E-state index contributed by atoms with van der Waals surface area (Å²) in [4.78, 5) is 1.96. The first kappa shape index (κ1) is 16.6. The summed E-state index contributed by atoms with van der Waals surface area (Å²) in [5.74, 6) is 0.184. The number of aliphatic hydroxyl groups excluding tert-OH is 2. The lowest BCUT2D eigenvalue weighted by Gasteiger charge is -2.42. The van der Waals surface area contributed by atoms with E-state index >= 15 is 0 Å². The Morgan fingerprint density at radius 1 is 1.22 bits per heavy atom. The molecule has 2 aromatic rings. The molecule has 1 aliphatic heterocycles. The fourth-order valence-electron chi connectivity index (χ4n) is 2.72. The third-order valence-electron chi connectivity index (χ3n) is 3.84. The zero-order valence-corrected chi connectivity index (χ0v) is 15.2. The van der Waals surface area contributed by atoms with Crippen molar-refractivity contribution in [2.75, 3.05) is 16.8 Å². The number of nitrogens with one attached hydrogen (secondary N) is 1. The zero-order chi connectivity index (χ0) is 16.6. The molecule has 0 saturated heterocycles. The van der Waals surface area contributed by atoms with Gasteiger partial charge in [-0.3, -0.25) is 0 Å². The summed E-state index contributed by atoms with van der Waals surface area (Å²) in [5, 5.41) is 32.4. The molecular weight excluding hydrogens is 428 g/mol. The summed E-state index contributed by atoms with van der Waals surface area (Å²) >= 11 is 7.01. The van der Waals surface area contributed by atoms with Crippen molar-refractivity contribution in [3.05, 3.63) is 50.9 Å². The smallest absolute Gasteiger partial charge is 0.128 e. The van der Waals surface area contributed by atoms with Gasteiger partial charge in [-0.15, -0.1) is 0 Å². The Balaban J connectivity index is 2.03. The van der Waals surface area contributed by atoms with E-state index in [1.807, 2.05) is 17.0 Å². The molecule has 0 aliphatic carbocycles. The molecular formula is C16H16Br2N2O3. The molecule has 23 heavy (non-hydrogen) atoms. The number of fused-ring (bicyclic) bond motifs is 1. The molecule has 0 spiro atoms. The van der Waals surface area contributed by atoms with Gasteiger partial charge in [0.25, 0.3) is 0 Å². The second-order valence-electron chi connectivity index (χ2n) is 5.41. The van der Waals surface area contributed by atoms with E-state index in [2.05, 4.69) is 37.2 Å². The summed E-state index contributed by atoms with van der Waals surface area (Å²) in [6, 6.07) is 10.7. The number of aromatic hydroxyl groups is 1. The monoisotopic (exact) mass is 442 g/mol. The molecule has 5 nitrogen and oxygen atoms in total. The minimum atomic E-state index is -0.951. The number of phenolic OH excluding ortho intramolecular Hbond substituents is 1. The van der Waals surface area contributed by atoms with Crippen molar-refractivity contribution in [3.8, 4) is 5.75 Å². The molecule has 0 fully saturated rings. The molecule has 3 rings (SSSR count). The van der Waals surface area contributed by atoms with Crippen molar-refractivity contribution in [1.29, 1.82) is 0 Å². The number of hydrogen-bond donors (Lipinski definition) is 4. The third-order valence-corrected chi connectivity index (χ3v) is 4.92. The van der Waals surface area contributed by atoms with Gasteiger partial charge in [0.05, 0.1) is 12.3 Å². The van der Waals surface area contributed by atoms with Gasteiger partial charge in [-0.1, -0.05) is 15.9 Å². The first-order valence-corrected chi connectivity index (χ1v) is 8.67. The van der Waals surface area contributed by atoms with Crippen molar-refractivity contribution in [2.24, 2.45) is 0 Å². The minimum Gasteiger partial charge on any atom is -0.508 e. The molecule has 0 aromatic heterocycles. The molecule has 0 bridgehead atoms. The SMILES string of the molecule is OCC(O)C1Nc2c(Br)cc(Br)cc2CN1c1ccc(O)cc1. The number of benzene rings is 2. The highest BCUT2D eigenvalue weighted by atomic mass is 79.9. The van der Waals surface area contributed by atoms with Crippen LogP contribution in [-0.2, 0) is 6.54 Å². The van der Waals surface area contributed by atoms with E-state index in [0.29, 0.717) is 6.54 Å². The fraction of sp³-hybridized carbons (Fsp3) is 0.250. The molecule has 122 valence electrons. The van der Waals surface area contributed by atoms with Gasteiger partial charge in [0.2, 0.25) is 0 Å². The van der Waals surface area contributed by atoms with Crippen LogP contribution in [0.25, 0.3) is 0 Å². The zero-order valence-electron chi connectivity index (χ0n) is 12.1. The highest BCUT2D eigenvalue weighted by Gasteiger charge is 2.32. The van der Waals surface area contributed by atoms with E-state index in [1.54, 1.807) is 24.3 Å². The molecule has 2 atom stereocenters. The van der Waals surface area contributed by atoms with Crippen LogP contribution in [0.1, 0.15) is 5.56 Å². The first-order valence-electron chi connectivity index (χ1n) is 7.08. The molecule has 1 aliphatic rings. The van der Waals surface area contributed by atoms with Gasteiger partial charge < -0.3 is 25.5 Å². The predicted molar refractivity (Wildman–Crippen MR) is 96.6 cm³/mol. The van der Waals surface area contributed by atoms with E-state index in [9.17, 15) is 15.3 Å². The van der Waals surface area contributed by atoms with Crippen LogP contribution in [0, 0.1) is 0 Å². The first-order chi connectivity index (χ1) is 11.0. The highest BCUT2D eigenvalue weighted by Crippen LogP contribution is 2.37. The van der Waals surface area contributed by atoms with Crippen molar-refractivity contribution in [3.63, 3.8) is 0 Å². The molecule has 0 amide bonds.